The first-order valence-electron chi connectivity index (χ1n) is 5.64. The topological polar surface area (TPSA) is 97.8 Å². The van der Waals surface area contributed by atoms with Crippen LogP contribution in [0.25, 0.3) is 5.57 Å². The average Bonchev–Trinajstić information content (AvgIpc) is 2.41. The van der Waals surface area contributed by atoms with Crippen molar-refractivity contribution < 1.29 is 4.79 Å². The first kappa shape index (κ1) is 12.6. The van der Waals surface area contributed by atoms with Gasteiger partial charge in [-0.15, -0.1) is 0 Å². The molecule has 6 heteroatoms. The van der Waals surface area contributed by atoms with Gasteiger partial charge in [0.2, 0.25) is 6.41 Å². The molecular formula is C13H12N4O2. The molecule has 0 aliphatic carbocycles. The summed E-state index contributed by atoms with van der Waals surface area (Å²) in [5, 5.41) is 14.4. The first-order chi connectivity index (χ1) is 9.15. The molecule has 1 aromatic rings. The normalized spacial score (nSPS) is 17.1. The number of rotatable bonds is 3. The fraction of sp³-hybridized carbons (Fsp3) is 0.154. The third-order valence-electron chi connectivity index (χ3n) is 2.80. The van der Waals surface area contributed by atoms with Crippen molar-refractivity contribution in [3.63, 3.8) is 0 Å². The molecule has 1 amide bonds. The van der Waals surface area contributed by atoms with Gasteiger partial charge in [0.15, 0.2) is 0 Å². The van der Waals surface area contributed by atoms with Crippen LogP contribution >= 0.6 is 0 Å². The van der Waals surface area contributed by atoms with E-state index in [0.717, 1.165) is 11.1 Å². The summed E-state index contributed by atoms with van der Waals surface area (Å²) in [6.45, 7) is 1.77. The predicted octanol–water partition coefficient (Wildman–Crippen LogP) is 0.127. The van der Waals surface area contributed by atoms with Crippen LogP contribution in [0.1, 0.15) is 16.8 Å². The van der Waals surface area contributed by atoms with Crippen LogP contribution in [0, 0.1) is 18.3 Å². The molecule has 0 radical (unpaired) electrons. The number of nitrogens with one attached hydrogen (secondary N) is 3. The summed E-state index contributed by atoms with van der Waals surface area (Å²) in [7, 11) is 0. The lowest BCUT2D eigenvalue weighted by Crippen LogP contribution is -2.38. The fourth-order valence-corrected chi connectivity index (χ4v) is 1.83. The largest absolute Gasteiger partial charge is 0.368 e. The maximum absolute atomic E-state index is 11.5. The monoisotopic (exact) mass is 256 g/mol. The Morgan fingerprint density at radius 2 is 2.32 bits per heavy atom. The minimum atomic E-state index is -0.391. The molecule has 0 saturated heterocycles. The van der Waals surface area contributed by atoms with Crippen LogP contribution in [0.5, 0.6) is 0 Å². The Morgan fingerprint density at radius 3 is 2.89 bits per heavy atom. The SMILES string of the molecule is Cc1[nH]c(=O)c(C#N)cc1C1=CNC(NC=O)C=C1. The second-order valence-electron chi connectivity index (χ2n) is 4.05. The fourth-order valence-electron chi connectivity index (χ4n) is 1.83. The maximum Gasteiger partial charge on any atom is 0.266 e. The van der Waals surface area contributed by atoms with Crippen molar-refractivity contribution >= 4 is 12.0 Å². The van der Waals surface area contributed by atoms with E-state index in [9.17, 15) is 9.59 Å². The Labute approximate surface area is 109 Å². The Bertz CT molecular complexity index is 664. The molecule has 0 aromatic carbocycles. The van der Waals surface area contributed by atoms with Gasteiger partial charge in [-0.1, -0.05) is 6.08 Å². The van der Waals surface area contributed by atoms with Crippen molar-refractivity contribution in [3.8, 4) is 6.07 Å². The number of hydrogen-bond acceptors (Lipinski definition) is 4. The van der Waals surface area contributed by atoms with Crippen molar-refractivity contribution in [3.05, 3.63) is 51.6 Å². The second kappa shape index (κ2) is 5.23. The van der Waals surface area contributed by atoms with Gasteiger partial charge >= 0.3 is 0 Å². The molecular weight excluding hydrogens is 244 g/mol. The van der Waals surface area contributed by atoms with Gasteiger partial charge < -0.3 is 15.6 Å². The summed E-state index contributed by atoms with van der Waals surface area (Å²) in [6, 6.07) is 3.41. The Balaban J connectivity index is 2.35. The lowest BCUT2D eigenvalue weighted by Gasteiger charge is -2.18. The van der Waals surface area contributed by atoms with Crippen molar-refractivity contribution in [1.82, 2.24) is 15.6 Å². The smallest absolute Gasteiger partial charge is 0.266 e. The van der Waals surface area contributed by atoms with Gasteiger partial charge in [-0.2, -0.15) is 5.26 Å². The molecule has 2 rings (SSSR count). The zero-order valence-electron chi connectivity index (χ0n) is 10.2. The summed E-state index contributed by atoms with van der Waals surface area (Å²) < 4.78 is 0. The van der Waals surface area contributed by atoms with Gasteiger partial charge in [-0.05, 0) is 24.6 Å². The zero-order valence-corrected chi connectivity index (χ0v) is 10.2. The molecule has 1 aromatic heterocycles. The van der Waals surface area contributed by atoms with Crippen molar-refractivity contribution in [2.45, 2.75) is 13.1 Å². The number of amides is 1. The number of aromatic amines is 1. The number of pyridine rings is 1. The van der Waals surface area contributed by atoms with Gasteiger partial charge in [-0.3, -0.25) is 9.59 Å². The number of nitriles is 1. The Morgan fingerprint density at radius 1 is 1.53 bits per heavy atom. The number of hydrogen-bond donors (Lipinski definition) is 3. The number of nitrogens with zero attached hydrogens (tertiary/aromatic N) is 1. The molecule has 0 fully saturated rings. The molecule has 1 atom stereocenters. The number of aryl methyl sites for hydroxylation is 1. The van der Waals surface area contributed by atoms with Crippen LogP contribution in [-0.2, 0) is 4.79 Å². The van der Waals surface area contributed by atoms with Crippen molar-refractivity contribution in [1.29, 1.82) is 5.26 Å². The summed E-state index contributed by atoms with van der Waals surface area (Å²) in [5.74, 6) is 0. The van der Waals surface area contributed by atoms with Crippen LogP contribution < -0.4 is 16.2 Å². The van der Waals surface area contributed by atoms with Crippen LogP contribution in [0.15, 0.2) is 29.2 Å². The van der Waals surface area contributed by atoms with Gasteiger partial charge in [0.1, 0.15) is 17.8 Å². The summed E-state index contributed by atoms with van der Waals surface area (Å²) in [6.07, 6.45) is 5.68. The third-order valence-corrected chi connectivity index (χ3v) is 2.80. The molecule has 3 N–H and O–H groups in total. The van der Waals surface area contributed by atoms with Crippen LogP contribution in [0.3, 0.4) is 0 Å². The zero-order chi connectivity index (χ0) is 13.8. The highest BCUT2D eigenvalue weighted by Gasteiger charge is 2.12. The van der Waals surface area contributed by atoms with E-state index in [1.807, 2.05) is 12.1 Å². The molecule has 0 bridgehead atoms. The molecule has 2 heterocycles. The number of aromatic nitrogens is 1. The Kier molecular flexibility index (Phi) is 3.48. The average molecular weight is 256 g/mol. The van der Waals surface area contributed by atoms with Crippen molar-refractivity contribution in [2.75, 3.05) is 0 Å². The van der Waals surface area contributed by atoms with Gasteiger partial charge in [0, 0.05) is 17.5 Å². The number of carbonyl (C=O) groups excluding carboxylic acids is 1. The summed E-state index contributed by atoms with van der Waals surface area (Å²) in [5.41, 5.74) is 1.96. The molecule has 0 spiro atoms. The van der Waals surface area contributed by atoms with Crippen LogP contribution in [0.4, 0.5) is 0 Å². The van der Waals surface area contributed by atoms with E-state index in [4.69, 9.17) is 5.26 Å². The quantitative estimate of drug-likeness (QED) is 0.669. The highest BCUT2D eigenvalue weighted by molar-refractivity contribution is 5.76. The summed E-state index contributed by atoms with van der Waals surface area (Å²) in [4.78, 5) is 24.4. The summed E-state index contributed by atoms with van der Waals surface area (Å²) >= 11 is 0. The molecule has 1 aliphatic rings. The number of dihydropyridines is 1. The predicted molar refractivity (Wildman–Crippen MR) is 69.8 cm³/mol. The van der Waals surface area contributed by atoms with E-state index < -0.39 is 5.56 Å². The second-order valence-corrected chi connectivity index (χ2v) is 4.05. The van der Waals surface area contributed by atoms with Crippen molar-refractivity contribution in [2.24, 2.45) is 0 Å². The van der Waals surface area contributed by atoms with E-state index >= 15 is 0 Å². The molecule has 1 aliphatic heterocycles. The van der Waals surface area contributed by atoms with E-state index in [1.54, 1.807) is 25.3 Å². The molecule has 0 saturated carbocycles. The highest BCUT2D eigenvalue weighted by atomic mass is 16.1. The third kappa shape index (κ3) is 2.55. The van der Waals surface area contributed by atoms with Gasteiger partial charge in [-0.25, -0.2) is 0 Å². The van der Waals surface area contributed by atoms with E-state index in [1.165, 1.54) is 0 Å². The van der Waals surface area contributed by atoms with Gasteiger partial charge in [0.05, 0.1) is 0 Å². The first-order valence-corrected chi connectivity index (χ1v) is 5.64. The number of carbonyl (C=O) groups is 1. The number of H-pyrrole nitrogens is 1. The Hall–Kier alpha value is -2.81. The van der Waals surface area contributed by atoms with E-state index in [-0.39, 0.29) is 11.7 Å². The molecule has 19 heavy (non-hydrogen) atoms. The minimum Gasteiger partial charge on any atom is -0.368 e. The lowest BCUT2D eigenvalue weighted by atomic mass is 10.0. The number of allylic oxidation sites excluding steroid dienone is 2. The van der Waals surface area contributed by atoms with Crippen LogP contribution in [0.2, 0.25) is 0 Å². The molecule has 1 unspecified atom stereocenters. The molecule has 6 nitrogen and oxygen atoms in total. The highest BCUT2D eigenvalue weighted by Crippen LogP contribution is 2.20. The maximum atomic E-state index is 11.5. The minimum absolute atomic E-state index is 0.0723. The van der Waals surface area contributed by atoms with Gasteiger partial charge in [0.25, 0.3) is 5.56 Å². The van der Waals surface area contributed by atoms with E-state index in [2.05, 4.69) is 15.6 Å². The lowest BCUT2D eigenvalue weighted by molar-refractivity contribution is -0.110. The molecule has 96 valence electrons. The standard InChI is InChI=1S/C13H12N4O2/c1-8-11(4-10(5-14)13(19)17-8)9-2-3-12(15-6-9)16-7-18/h2-4,6-7,12,15H,1H3,(H,16,18)(H,17,19). The van der Waals surface area contributed by atoms with E-state index in [0.29, 0.717) is 12.1 Å². The van der Waals surface area contributed by atoms with Crippen LogP contribution in [-0.4, -0.2) is 17.6 Å².